The summed E-state index contributed by atoms with van der Waals surface area (Å²) in [5, 5.41) is 14.2. The molecule has 0 saturated carbocycles. The van der Waals surface area contributed by atoms with Crippen molar-refractivity contribution in [2.75, 3.05) is 20.1 Å². The molecule has 0 bridgehead atoms. The number of likely N-dealkylation sites (N-methyl/N-ethyl adjacent to an activating group) is 1. The number of nitrogens with zero attached hydrogens (tertiary/aromatic N) is 1. The highest BCUT2D eigenvalue weighted by Gasteiger charge is 2.24. The fraction of sp³-hybridized carbons (Fsp3) is 0.769. The van der Waals surface area contributed by atoms with Gasteiger partial charge in [-0.3, -0.25) is 4.79 Å². The molecule has 7 nitrogen and oxygen atoms in total. The Morgan fingerprint density at radius 2 is 1.80 bits per heavy atom. The Labute approximate surface area is 119 Å². The van der Waals surface area contributed by atoms with Gasteiger partial charge in [-0.25, -0.2) is 9.59 Å². The lowest BCUT2D eigenvalue weighted by molar-refractivity contribution is -0.141. The van der Waals surface area contributed by atoms with Gasteiger partial charge < -0.3 is 20.6 Å². The van der Waals surface area contributed by atoms with Gasteiger partial charge in [0.05, 0.1) is 0 Å². The van der Waals surface area contributed by atoms with Gasteiger partial charge in [-0.15, -0.1) is 0 Å². The van der Waals surface area contributed by atoms with Crippen LogP contribution in [0, 0.1) is 5.92 Å². The molecule has 0 spiro atoms. The van der Waals surface area contributed by atoms with Crippen LogP contribution in [0.2, 0.25) is 0 Å². The second-order valence-electron chi connectivity index (χ2n) is 5.05. The minimum atomic E-state index is -1.04. The third-order valence-corrected chi connectivity index (χ3v) is 2.80. The van der Waals surface area contributed by atoms with E-state index in [2.05, 4.69) is 10.6 Å². The van der Waals surface area contributed by atoms with Crippen molar-refractivity contribution in [2.45, 2.75) is 39.7 Å². The van der Waals surface area contributed by atoms with E-state index in [0.29, 0.717) is 18.9 Å². The third kappa shape index (κ3) is 6.96. The smallest absolute Gasteiger partial charge is 0.326 e. The fourth-order valence-corrected chi connectivity index (χ4v) is 1.57. The number of hydrogen-bond donors (Lipinski definition) is 3. The third-order valence-electron chi connectivity index (χ3n) is 2.80. The molecule has 116 valence electrons. The molecule has 1 atom stereocenters. The molecule has 0 aromatic rings. The Kier molecular flexibility index (Phi) is 8.35. The molecular formula is C13H25N3O4. The summed E-state index contributed by atoms with van der Waals surface area (Å²) in [6.45, 7) is 6.47. The van der Waals surface area contributed by atoms with Gasteiger partial charge in [-0.05, 0) is 12.3 Å². The van der Waals surface area contributed by atoms with E-state index in [9.17, 15) is 14.4 Å². The van der Waals surface area contributed by atoms with Crippen LogP contribution >= 0.6 is 0 Å². The highest BCUT2D eigenvalue weighted by atomic mass is 16.4. The Bertz CT molecular complexity index is 345. The fourth-order valence-electron chi connectivity index (χ4n) is 1.57. The lowest BCUT2D eigenvalue weighted by Gasteiger charge is -2.23. The number of urea groups is 1. The highest BCUT2D eigenvalue weighted by molar-refractivity contribution is 5.83. The first-order valence-corrected chi connectivity index (χ1v) is 6.79. The van der Waals surface area contributed by atoms with Crippen LogP contribution in [0.5, 0.6) is 0 Å². The number of carbonyl (C=O) groups is 3. The molecule has 0 aliphatic heterocycles. The number of nitrogens with one attached hydrogen (secondary N) is 2. The van der Waals surface area contributed by atoms with Crippen LogP contribution in [0.15, 0.2) is 0 Å². The predicted molar refractivity (Wildman–Crippen MR) is 75.3 cm³/mol. The maximum absolute atomic E-state index is 11.7. The van der Waals surface area contributed by atoms with Gasteiger partial charge in [0.25, 0.3) is 0 Å². The zero-order chi connectivity index (χ0) is 15.7. The van der Waals surface area contributed by atoms with Crippen LogP contribution in [-0.2, 0) is 9.59 Å². The van der Waals surface area contributed by atoms with E-state index in [1.165, 1.54) is 7.05 Å². The summed E-state index contributed by atoms with van der Waals surface area (Å²) in [5.41, 5.74) is 0. The largest absolute Gasteiger partial charge is 0.480 e. The number of amides is 3. The zero-order valence-electron chi connectivity index (χ0n) is 12.6. The molecule has 0 heterocycles. The molecule has 3 N–H and O–H groups in total. The average molecular weight is 287 g/mol. The first-order valence-electron chi connectivity index (χ1n) is 6.79. The molecule has 0 fully saturated rings. The zero-order valence-corrected chi connectivity index (χ0v) is 12.6. The van der Waals surface area contributed by atoms with Crippen LogP contribution < -0.4 is 10.6 Å². The predicted octanol–water partition coefficient (Wildman–Crippen LogP) is 0.653. The Morgan fingerprint density at radius 1 is 1.20 bits per heavy atom. The van der Waals surface area contributed by atoms with Crippen LogP contribution in [0.4, 0.5) is 4.79 Å². The minimum absolute atomic E-state index is 0.132. The van der Waals surface area contributed by atoms with Crippen molar-refractivity contribution in [1.82, 2.24) is 15.5 Å². The molecule has 3 amide bonds. The van der Waals surface area contributed by atoms with Crippen LogP contribution in [0.3, 0.4) is 0 Å². The van der Waals surface area contributed by atoms with Crippen molar-refractivity contribution in [3.05, 3.63) is 0 Å². The summed E-state index contributed by atoms with van der Waals surface area (Å²) in [5.74, 6) is -0.799. The summed E-state index contributed by atoms with van der Waals surface area (Å²) >= 11 is 0. The van der Waals surface area contributed by atoms with Crippen LogP contribution in [0.25, 0.3) is 0 Å². The maximum atomic E-state index is 11.7. The van der Waals surface area contributed by atoms with Gasteiger partial charge in [0.2, 0.25) is 5.91 Å². The van der Waals surface area contributed by atoms with Crippen LogP contribution in [-0.4, -0.2) is 54.1 Å². The molecule has 0 aliphatic rings. The molecule has 0 rings (SSSR count). The van der Waals surface area contributed by atoms with E-state index >= 15 is 0 Å². The summed E-state index contributed by atoms with van der Waals surface area (Å²) in [6.07, 6.45) is 0.504. The van der Waals surface area contributed by atoms with Crippen molar-refractivity contribution in [1.29, 1.82) is 0 Å². The Morgan fingerprint density at radius 3 is 2.25 bits per heavy atom. The number of carboxylic acids is 1. The van der Waals surface area contributed by atoms with Crippen LogP contribution in [0.1, 0.15) is 33.6 Å². The Hall–Kier alpha value is -1.79. The monoisotopic (exact) mass is 287 g/mol. The quantitative estimate of drug-likeness (QED) is 0.610. The molecule has 0 aliphatic carbocycles. The molecule has 0 saturated heterocycles. The normalized spacial score (nSPS) is 11.8. The Balaban J connectivity index is 4.04. The molecule has 0 radical (unpaired) electrons. The summed E-state index contributed by atoms with van der Waals surface area (Å²) in [7, 11) is 1.43. The van der Waals surface area contributed by atoms with Gasteiger partial charge in [0.15, 0.2) is 0 Å². The number of rotatable bonds is 8. The first-order chi connectivity index (χ1) is 9.29. The number of carbonyl (C=O) groups excluding carboxylic acids is 2. The van der Waals surface area contributed by atoms with Crippen molar-refractivity contribution < 1.29 is 19.5 Å². The SMILES string of the molecule is CCC(C(=O)O)N(C)C(=O)NCCC(=O)NCC(C)C. The molecule has 20 heavy (non-hydrogen) atoms. The van der Waals surface area contributed by atoms with E-state index in [1.54, 1.807) is 6.92 Å². The lowest BCUT2D eigenvalue weighted by Crippen LogP contribution is -2.47. The number of carboxylic acid groups (broad SMARTS) is 1. The van der Waals surface area contributed by atoms with E-state index < -0.39 is 18.0 Å². The van der Waals surface area contributed by atoms with E-state index in [1.807, 2.05) is 13.8 Å². The summed E-state index contributed by atoms with van der Waals surface area (Å²) in [6, 6.07) is -1.35. The van der Waals surface area contributed by atoms with Crippen molar-refractivity contribution in [3.8, 4) is 0 Å². The number of aliphatic carboxylic acids is 1. The van der Waals surface area contributed by atoms with Gasteiger partial charge in [0.1, 0.15) is 6.04 Å². The average Bonchev–Trinajstić information content (AvgIpc) is 2.36. The van der Waals surface area contributed by atoms with E-state index in [0.717, 1.165) is 4.90 Å². The van der Waals surface area contributed by atoms with Gasteiger partial charge in [-0.2, -0.15) is 0 Å². The van der Waals surface area contributed by atoms with Crippen molar-refractivity contribution in [3.63, 3.8) is 0 Å². The second-order valence-corrected chi connectivity index (χ2v) is 5.05. The molecular weight excluding hydrogens is 262 g/mol. The highest BCUT2D eigenvalue weighted by Crippen LogP contribution is 2.02. The molecule has 0 aromatic carbocycles. The second kappa shape index (κ2) is 9.17. The van der Waals surface area contributed by atoms with E-state index in [4.69, 9.17) is 5.11 Å². The maximum Gasteiger partial charge on any atom is 0.326 e. The lowest BCUT2D eigenvalue weighted by atomic mass is 10.2. The summed E-state index contributed by atoms with van der Waals surface area (Å²) < 4.78 is 0. The molecule has 0 aromatic heterocycles. The van der Waals surface area contributed by atoms with E-state index in [-0.39, 0.29) is 18.9 Å². The van der Waals surface area contributed by atoms with Crippen molar-refractivity contribution in [2.24, 2.45) is 5.92 Å². The van der Waals surface area contributed by atoms with Crippen molar-refractivity contribution >= 4 is 17.9 Å². The summed E-state index contributed by atoms with van der Waals surface area (Å²) in [4.78, 5) is 35.2. The number of hydrogen-bond acceptors (Lipinski definition) is 3. The minimum Gasteiger partial charge on any atom is -0.480 e. The van der Waals surface area contributed by atoms with Gasteiger partial charge >= 0.3 is 12.0 Å². The first kappa shape index (κ1) is 18.2. The van der Waals surface area contributed by atoms with Gasteiger partial charge in [0, 0.05) is 26.6 Å². The molecule has 1 unspecified atom stereocenters. The van der Waals surface area contributed by atoms with Gasteiger partial charge in [-0.1, -0.05) is 20.8 Å². The molecule has 7 heteroatoms. The topological polar surface area (TPSA) is 98.7 Å². The standard InChI is InChI=1S/C13H25N3O4/c1-5-10(12(18)19)16(4)13(20)14-7-6-11(17)15-8-9(2)3/h9-10H,5-8H2,1-4H3,(H,14,20)(H,15,17)(H,18,19).